The van der Waals surface area contributed by atoms with E-state index in [4.69, 9.17) is 5.11 Å². The van der Waals surface area contributed by atoms with Gasteiger partial charge in [0.05, 0.1) is 0 Å². The third-order valence-electron chi connectivity index (χ3n) is 0.808. The summed E-state index contributed by atoms with van der Waals surface area (Å²) in [5.74, 6) is 0.291. The Bertz CT molecular complexity index is 178. The van der Waals surface area contributed by atoms with Gasteiger partial charge in [-0.1, -0.05) is 22.0 Å². The molecule has 3 radical (unpaired) electrons. The van der Waals surface area contributed by atoms with Crippen molar-refractivity contribution >= 4 is 15.9 Å². The van der Waals surface area contributed by atoms with Crippen LogP contribution in [0.25, 0.3) is 0 Å². The second-order valence-corrected chi connectivity index (χ2v) is 2.40. The number of hydrogen-bond donors (Lipinski definition) is 1. The van der Waals surface area contributed by atoms with E-state index in [1.807, 2.05) is 6.07 Å². The minimum atomic E-state index is 0. The zero-order valence-electron chi connectivity index (χ0n) is 5.87. The van der Waals surface area contributed by atoms with Crippen LogP contribution in [0, 0.1) is 0 Å². The molecule has 0 aliphatic heterocycles. The second kappa shape index (κ2) is 10.9. The molecular weight excluding hydrogens is 435 g/mol. The number of halogens is 1. The van der Waals surface area contributed by atoms with Crippen LogP contribution in [0.3, 0.4) is 0 Å². The van der Waals surface area contributed by atoms with Crippen LogP contribution in [-0.2, 0) is 98.1 Å². The molecule has 0 spiro atoms. The first kappa shape index (κ1) is 19.4. The number of rotatable bonds is 0. The molecule has 5 heteroatoms. The van der Waals surface area contributed by atoms with Gasteiger partial charge in [0.1, 0.15) is 5.75 Å². The smallest absolute Gasteiger partial charge is 0.116 e. The molecule has 0 saturated carbocycles. The molecule has 1 aromatic carbocycles. The van der Waals surface area contributed by atoms with Crippen LogP contribution in [0.1, 0.15) is 0 Å². The van der Waals surface area contributed by atoms with Crippen molar-refractivity contribution in [2.75, 3.05) is 0 Å². The largest absolute Gasteiger partial charge is 0.508 e. The number of phenolic OH excluding ortho intramolecular Hbond substituents is 1. The Labute approximate surface area is 150 Å². The zero-order valence-corrected chi connectivity index (χ0v) is 16.0. The van der Waals surface area contributed by atoms with Crippen molar-refractivity contribution in [2.24, 2.45) is 0 Å². The maximum atomic E-state index is 8.78. The fourth-order valence-electron chi connectivity index (χ4n) is 0.476. The molecule has 0 aliphatic rings. The fourth-order valence-corrected chi connectivity index (χ4v) is 0.863. The number of phenols is 1. The maximum Gasteiger partial charge on any atom is 0.116 e. The topological polar surface area (TPSA) is 20.2 Å². The molecule has 1 aromatic rings. The predicted octanol–water partition coefficient (Wildman–Crippen LogP) is 2.15. The van der Waals surface area contributed by atoms with E-state index >= 15 is 0 Å². The Hall–Kier alpha value is 2.81. The SMILES string of the molecule is Oc1cccc(Br)c1.[Y].[Y].[Y]. The van der Waals surface area contributed by atoms with Crippen molar-refractivity contribution in [3.05, 3.63) is 28.7 Å². The summed E-state index contributed by atoms with van der Waals surface area (Å²) in [6.07, 6.45) is 0. The maximum absolute atomic E-state index is 8.78. The van der Waals surface area contributed by atoms with Gasteiger partial charge in [-0.3, -0.25) is 0 Å². The molecule has 0 fully saturated rings. The first-order valence-electron chi connectivity index (χ1n) is 2.23. The van der Waals surface area contributed by atoms with Crippen LogP contribution in [0.2, 0.25) is 0 Å². The van der Waals surface area contributed by atoms with E-state index in [9.17, 15) is 0 Å². The van der Waals surface area contributed by atoms with E-state index < -0.39 is 0 Å². The minimum absolute atomic E-state index is 0. The monoisotopic (exact) mass is 439 g/mol. The van der Waals surface area contributed by atoms with Gasteiger partial charge >= 0.3 is 0 Å². The van der Waals surface area contributed by atoms with Gasteiger partial charge in [-0.05, 0) is 18.2 Å². The Kier molecular flexibility index (Phi) is 19.2. The van der Waals surface area contributed by atoms with Gasteiger partial charge in [0.15, 0.2) is 0 Å². The van der Waals surface area contributed by atoms with Gasteiger partial charge in [-0.2, -0.15) is 0 Å². The summed E-state index contributed by atoms with van der Waals surface area (Å²) in [6.45, 7) is 0. The molecule has 0 heterocycles. The summed E-state index contributed by atoms with van der Waals surface area (Å²) in [4.78, 5) is 0. The summed E-state index contributed by atoms with van der Waals surface area (Å²) >= 11 is 3.20. The number of hydrogen-bond acceptors (Lipinski definition) is 1. The third kappa shape index (κ3) is 9.12. The van der Waals surface area contributed by atoms with E-state index in [2.05, 4.69) is 15.9 Å². The van der Waals surface area contributed by atoms with Gasteiger partial charge in [0, 0.05) is 103 Å². The summed E-state index contributed by atoms with van der Waals surface area (Å²) in [6, 6.07) is 6.91. The van der Waals surface area contributed by atoms with E-state index in [1.165, 1.54) is 0 Å². The van der Waals surface area contributed by atoms with Gasteiger partial charge in [0.25, 0.3) is 0 Å². The first-order chi connectivity index (χ1) is 3.79. The van der Waals surface area contributed by atoms with Crippen molar-refractivity contribution in [3.8, 4) is 5.75 Å². The van der Waals surface area contributed by atoms with Crippen LogP contribution >= 0.6 is 15.9 Å². The number of benzene rings is 1. The van der Waals surface area contributed by atoms with Crippen molar-refractivity contribution in [3.63, 3.8) is 0 Å². The van der Waals surface area contributed by atoms with Crippen molar-refractivity contribution < 1.29 is 103 Å². The van der Waals surface area contributed by atoms with Crippen LogP contribution in [0.15, 0.2) is 28.7 Å². The Morgan fingerprint density at radius 2 is 1.64 bits per heavy atom. The van der Waals surface area contributed by atoms with E-state index in [1.54, 1.807) is 18.2 Å². The van der Waals surface area contributed by atoms with Crippen LogP contribution < -0.4 is 0 Å². The molecule has 0 aliphatic carbocycles. The van der Waals surface area contributed by atoms with Gasteiger partial charge in [-0.15, -0.1) is 0 Å². The molecular formula is C6H5BrOY3. The molecule has 1 nitrogen and oxygen atoms in total. The Morgan fingerprint density at radius 1 is 1.09 bits per heavy atom. The van der Waals surface area contributed by atoms with Gasteiger partial charge < -0.3 is 5.11 Å². The summed E-state index contributed by atoms with van der Waals surface area (Å²) < 4.78 is 0.900. The van der Waals surface area contributed by atoms with Gasteiger partial charge in [-0.25, -0.2) is 0 Å². The summed E-state index contributed by atoms with van der Waals surface area (Å²) in [7, 11) is 0. The standard InChI is InChI=1S/C6H5BrO.3Y/c7-5-2-1-3-6(8)4-5;;;/h1-4,8H;;;. The second-order valence-electron chi connectivity index (χ2n) is 1.48. The first-order valence-corrected chi connectivity index (χ1v) is 3.03. The molecule has 1 N–H and O–H groups in total. The molecule has 11 heavy (non-hydrogen) atoms. The molecule has 0 unspecified atom stereocenters. The van der Waals surface area contributed by atoms with E-state index in [0.717, 1.165) is 4.47 Å². The molecule has 0 aromatic heterocycles. The van der Waals surface area contributed by atoms with Crippen molar-refractivity contribution in [1.29, 1.82) is 0 Å². The van der Waals surface area contributed by atoms with Crippen LogP contribution in [0.5, 0.6) is 5.75 Å². The minimum Gasteiger partial charge on any atom is -0.508 e. The molecule has 0 atom stereocenters. The van der Waals surface area contributed by atoms with Crippen molar-refractivity contribution in [1.82, 2.24) is 0 Å². The normalized spacial score (nSPS) is 6.64. The van der Waals surface area contributed by atoms with Crippen molar-refractivity contribution in [2.45, 2.75) is 0 Å². The van der Waals surface area contributed by atoms with Crippen LogP contribution in [0.4, 0.5) is 0 Å². The molecule has 51 valence electrons. The zero-order chi connectivity index (χ0) is 5.98. The average molecular weight is 440 g/mol. The van der Waals surface area contributed by atoms with Gasteiger partial charge in [0.2, 0.25) is 0 Å². The molecule has 0 bridgehead atoms. The quantitative estimate of drug-likeness (QED) is 0.657. The molecule has 1 rings (SSSR count). The Balaban J connectivity index is -0.000000213. The van der Waals surface area contributed by atoms with E-state index in [-0.39, 0.29) is 98.1 Å². The molecule has 0 saturated heterocycles. The summed E-state index contributed by atoms with van der Waals surface area (Å²) in [5, 5.41) is 8.78. The van der Waals surface area contributed by atoms with E-state index in [0.29, 0.717) is 5.75 Å². The third-order valence-corrected chi connectivity index (χ3v) is 1.30. The summed E-state index contributed by atoms with van der Waals surface area (Å²) in [5.41, 5.74) is 0. The molecule has 0 amide bonds. The predicted molar refractivity (Wildman–Crippen MR) is 35.8 cm³/mol. The van der Waals surface area contributed by atoms with Crippen LogP contribution in [-0.4, -0.2) is 5.11 Å². The Morgan fingerprint density at radius 3 is 1.91 bits per heavy atom. The fraction of sp³-hybridized carbons (Fsp3) is 0. The average Bonchev–Trinajstić information content (AvgIpc) is 1.64. The number of aromatic hydroxyl groups is 1.